The first-order valence-corrected chi connectivity index (χ1v) is 24.9. The van der Waals surface area contributed by atoms with Crippen LogP contribution in [-0.4, -0.2) is 8.07 Å². The Kier molecular flexibility index (Phi) is 8.04. The summed E-state index contributed by atoms with van der Waals surface area (Å²) in [5.74, 6) is 0. The fourth-order valence-corrected chi connectivity index (χ4v) is 18.1. The lowest BCUT2D eigenvalue weighted by Crippen LogP contribution is -2.72. The average molecular weight is 840 g/mol. The van der Waals surface area contributed by atoms with Gasteiger partial charge in [-0.25, -0.2) is 0 Å². The van der Waals surface area contributed by atoms with Crippen molar-refractivity contribution in [2.75, 3.05) is 4.90 Å². The third-order valence-electron chi connectivity index (χ3n) is 13.1. The average Bonchev–Trinajstić information content (AvgIpc) is 4.00. The highest BCUT2D eigenvalue weighted by molar-refractivity contribution is 7.28. The van der Waals surface area contributed by atoms with Crippen molar-refractivity contribution in [1.82, 2.24) is 0 Å². The van der Waals surface area contributed by atoms with Crippen LogP contribution in [0.2, 0.25) is 0 Å². The van der Waals surface area contributed by atoms with Crippen molar-refractivity contribution in [3.8, 4) is 22.3 Å². The second-order valence-corrected chi connectivity index (χ2v) is 22.3. The molecule has 0 atom stereocenters. The van der Waals surface area contributed by atoms with Gasteiger partial charge in [-0.15, -0.1) is 22.7 Å². The molecular weight excluding hydrogens is 803 g/mol. The smallest absolute Gasteiger partial charge is 0.181 e. The van der Waals surface area contributed by atoms with Crippen LogP contribution in [-0.2, 0) is 0 Å². The number of nitrogens with zero attached hydrogens (tertiary/aromatic N) is 1. The molecule has 0 saturated heterocycles. The summed E-state index contributed by atoms with van der Waals surface area (Å²) in [7, 11) is -2.84. The van der Waals surface area contributed by atoms with Crippen LogP contribution in [0.5, 0.6) is 0 Å². The standard InChI is InChI=1S/C58H37NS2Si/c1-3-18-45(19-4-1)62(46-20-5-2-6-21-46)55-33-32-50-48-23-10-12-25-53(48)61-58(50)57(55)51-31-29-44(37-56(51)62)59(43-28-30-49-47-22-9-11-24-52(47)60-54(49)36-43)42-17-13-16-40(35-42)41-27-26-38-14-7-8-15-39(38)34-41/h1-37H. The van der Waals surface area contributed by atoms with E-state index in [4.69, 9.17) is 0 Å². The van der Waals surface area contributed by atoms with E-state index in [0.29, 0.717) is 0 Å². The molecule has 0 N–H and O–H groups in total. The Labute approximate surface area is 369 Å². The van der Waals surface area contributed by atoms with Crippen LogP contribution in [0.25, 0.3) is 73.4 Å². The summed E-state index contributed by atoms with van der Waals surface area (Å²) >= 11 is 3.82. The van der Waals surface area contributed by atoms with Crippen LogP contribution < -0.4 is 25.6 Å². The summed E-state index contributed by atoms with van der Waals surface area (Å²) in [6.07, 6.45) is 0. The minimum absolute atomic E-state index is 1.13. The van der Waals surface area contributed by atoms with Gasteiger partial charge in [0.25, 0.3) is 0 Å². The van der Waals surface area contributed by atoms with Crippen LogP contribution in [0.15, 0.2) is 224 Å². The molecular formula is C58H37NS2Si. The monoisotopic (exact) mass is 839 g/mol. The predicted molar refractivity (Wildman–Crippen MR) is 272 cm³/mol. The van der Waals surface area contributed by atoms with Crippen molar-refractivity contribution < 1.29 is 0 Å². The second-order valence-electron chi connectivity index (χ2n) is 16.4. The minimum atomic E-state index is -2.84. The Hall–Kier alpha value is -7.08. The molecule has 0 amide bonds. The molecule has 0 radical (unpaired) electrons. The number of hydrogen-bond acceptors (Lipinski definition) is 3. The molecule has 1 aliphatic heterocycles. The largest absolute Gasteiger partial charge is 0.310 e. The third kappa shape index (κ3) is 5.31. The fraction of sp³-hybridized carbons (Fsp3) is 0. The topological polar surface area (TPSA) is 3.24 Å². The first-order chi connectivity index (χ1) is 30.7. The van der Waals surface area contributed by atoms with E-state index in [1.165, 1.54) is 94.1 Å². The summed E-state index contributed by atoms with van der Waals surface area (Å²) in [5, 5.41) is 13.5. The molecule has 13 rings (SSSR count). The number of hydrogen-bond donors (Lipinski definition) is 0. The zero-order chi connectivity index (χ0) is 40.8. The van der Waals surface area contributed by atoms with Gasteiger partial charge in [0.1, 0.15) is 0 Å². The quantitative estimate of drug-likeness (QED) is 0.151. The molecule has 290 valence electrons. The Morgan fingerprint density at radius 1 is 0.339 bits per heavy atom. The lowest BCUT2D eigenvalue weighted by molar-refractivity contribution is 1.29. The van der Waals surface area contributed by atoms with E-state index < -0.39 is 8.07 Å². The normalized spacial score (nSPS) is 13.0. The van der Waals surface area contributed by atoms with E-state index >= 15 is 0 Å². The molecule has 1 aliphatic rings. The van der Waals surface area contributed by atoms with E-state index in [-0.39, 0.29) is 0 Å². The van der Waals surface area contributed by atoms with Gasteiger partial charge < -0.3 is 4.90 Å². The number of rotatable bonds is 6. The molecule has 0 fully saturated rings. The summed E-state index contributed by atoms with van der Waals surface area (Å²) in [6.45, 7) is 0. The summed E-state index contributed by atoms with van der Waals surface area (Å²) < 4.78 is 5.32. The maximum Gasteiger partial charge on any atom is 0.181 e. The van der Waals surface area contributed by atoms with Crippen molar-refractivity contribution in [3.63, 3.8) is 0 Å². The summed E-state index contributed by atoms with van der Waals surface area (Å²) in [5.41, 5.74) is 8.59. The molecule has 62 heavy (non-hydrogen) atoms. The van der Waals surface area contributed by atoms with Gasteiger partial charge in [-0.1, -0.05) is 170 Å². The Bertz CT molecular complexity index is 3680. The SMILES string of the molecule is c1ccc([Si]2(c3ccccc3)c3cc(N(c4cccc(-c5ccc6ccccc6c5)c4)c4ccc5c(c4)sc4ccccc45)ccc3-c3c2ccc2c3sc3ccccc32)cc1. The van der Waals surface area contributed by atoms with Gasteiger partial charge in [0.2, 0.25) is 0 Å². The van der Waals surface area contributed by atoms with Gasteiger partial charge in [0, 0.05) is 57.4 Å². The number of fused-ring (bicyclic) bond motifs is 11. The van der Waals surface area contributed by atoms with Crippen LogP contribution in [0.3, 0.4) is 0 Å². The van der Waals surface area contributed by atoms with Crippen LogP contribution in [0, 0.1) is 0 Å². The van der Waals surface area contributed by atoms with E-state index in [1.54, 1.807) is 0 Å². The predicted octanol–water partition coefficient (Wildman–Crippen LogP) is 14.1. The molecule has 2 aromatic heterocycles. The molecule has 12 aromatic rings. The first kappa shape index (κ1) is 35.7. The molecule has 0 aliphatic carbocycles. The molecule has 4 heteroatoms. The minimum Gasteiger partial charge on any atom is -0.310 e. The number of thiophene rings is 2. The Morgan fingerprint density at radius 3 is 1.73 bits per heavy atom. The third-order valence-corrected chi connectivity index (χ3v) is 20.3. The van der Waals surface area contributed by atoms with Gasteiger partial charge in [-0.3, -0.25) is 0 Å². The zero-order valence-electron chi connectivity index (χ0n) is 33.6. The maximum atomic E-state index is 2.57. The number of anilines is 3. The van der Waals surface area contributed by atoms with Crippen molar-refractivity contribution >= 4 is 120 Å². The zero-order valence-corrected chi connectivity index (χ0v) is 36.3. The van der Waals surface area contributed by atoms with Crippen LogP contribution in [0.1, 0.15) is 0 Å². The highest BCUT2D eigenvalue weighted by Gasteiger charge is 2.49. The summed E-state index contributed by atoms with van der Waals surface area (Å²) in [4.78, 5) is 2.50. The van der Waals surface area contributed by atoms with Crippen LogP contribution >= 0.6 is 22.7 Å². The molecule has 10 aromatic carbocycles. The molecule has 0 unspecified atom stereocenters. The Balaban J connectivity index is 1.09. The maximum absolute atomic E-state index is 2.84. The molecule has 0 bridgehead atoms. The molecule has 1 nitrogen and oxygen atoms in total. The van der Waals surface area contributed by atoms with Crippen molar-refractivity contribution in [2.24, 2.45) is 0 Å². The van der Waals surface area contributed by atoms with Gasteiger partial charge in [-0.05, 0) is 108 Å². The van der Waals surface area contributed by atoms with Crippen molar-refractivity contribution in [3.05, 3.63) is 224 Å². The number of benzene rings is 10. The van der Waals surface area contributed by atoms with Crippen molar-refractivity contribution in [1.29, 1.82) is 0 Å². The van der Waals surface area contributed by atoms with Crippen molar-refractivity contribution in [2.45, 2.75) is 0 Å². The molecule has 3 heterocycles. The Morgan fingerprint density at radius 2 is 0.935 bits per heavy atom. The fourth-order valence-electron chi connectivity index (χ4n) is 10.4. The lowest BCUT2D eigenvalue weighted by Gasteiger charge is -2.33. The van der Waals surface area contributed by atoms with Crippen LogP contribution in [0.4, 0.5) is 17.1 Å². The van der Waals surface area contributed by atoms with Gasteiger partial charge in [0.05, 0.1) is 0 Å². The highest BCUT2D eigenvalue weighted by atomic mass is 32.1. The van der Waals surface area contributed by atoms with E-state index in [0.717, 1.165) is 17.1 Å². The highest BCUT2D eigenvalue weighted by Crippen LogP contribution is 2.45. The molecule has 0 saturated carbocycles. The van der Waals surface area contributed by atoms with E-state index in [9.17, 15) is 0 Å². The lowest BCUT2D eigenvalue weighted by atomic mass is 10.00. The first-order valence-electron chi connectivity index (χ1n) is 21.2. The van der Waals surface area contributed by atoms with Gasteiger partial charge in [-0.2, -0.15) is 0 Å². The summed E-state index contributed by atoms with van der Waals surface area (Å²) in [6, 6.07) is 84.5. The molecule has 0 spiro atoms. The second kappa shape index (κ2) is 14.0. The van der Waals surface area contributed by atoms with Gasteiger partial charge >= 0.3 is 0 Å². The van der Waals surface area contributed by atoms with E-state index in [1.807, 2.05) is 22.7 Å². The van der Waals surface area contributed by atoms with Gasteiger partial charge in [0.15, 0.2) is 8.07 Å². The van der Waals surface area contributed by atoms with E-state index in [2.05, 4.69) is 229 Å².